The summed E-state index contributed by atoms with van der Waals surface area (Å²) >= 11 is 1.78. The molecular formula is C51H30N4OS. The van der Waals surface area contributed by atoms with Gasteiger partial charge in [-0.25, -0.2) is 15.0 Å². The molecule has 0 radical (unpaired) electrons. The number of para-hydroxylation sites is 2. The molecule has 0 amide bonds. The molecular weight excluding hydrogens is 717 g/mol. The second kappa shape index (κ2) is 12.6. The van der Waals surface area contributed by atoms with E-state index < -0.39 is 0 Å². The second-order valence-electron chi connectivity index (χ2n) is 14.4. The highest BCUT2D eigenvalue weighted by molar-refractivity contribution is 7.26. The van der Waals surface area contributed by atoms with Gasteiger partial charge in [0, 0.05) is 64.1 Å². The average Bonchev–Trinajstić information content (AvgIpc) is 3.96. The molecule has 0 saturated heterocycles. The van der Waals surface area contributed by atoms with Crippen LogP contribution in [0, 0.1) is 0 Å². The molecule has 4 heterocycles. The van der Waals surface area contributed by atoms with Crippen molar-refractivity contribution in [2.75, 3.05) is 0 Å². The Morgan fingerprint density at radius 3 is 1.96 bits per heavy atom. The average molecular weight is 747 g/mol. The zero-order valence-electron chi connectivity index (χ0n) is 30.4. The van der Waals surface area contributed by atoms with Crippen LogP contribution in [0.3, 0.4) is 0 Å². The summed E-state index contributed by atoms with van der Waals surface area (Å²) in [5.74, 6) is 1.83. The number of aromatic nitrogens is 4. The van der Waals surface area contributed by atoms with E-state index in [1.807, 2.05) is 30.3 Å². The first kappa shape index (κ1) is 31.9. The molecule has 0 aliphatic rings. The van der Waals surface area contributed by atoms with E-state index in [0.29, 0.717) is 17.5 Å². The van der Waals surface area contributed by atoms with Crippen molar-refractivity contribution in [3.8, 4) is 51.0 Å². The maximum absolute atomic E-state index is 6.32. The molecule has 0 bridgehead atoms. The van der Waals surface area contributed by atoms with Crippen molar-refractivity contribution in [1.82, 2.24) is 19.5 Å². The summed E-state index contributed by atoms with van der Waals surface area (Å²) in [5, 5.41) is 6.87. The molecule has 57 heavy (non-hydrogen) atoms. The number of rotatable bonds is 5. The van der Waals surface area contributed by atoms with Crippen LogP contribution in [0.25, 0.3) is 115 Å². The summed E-state index contributed by atoms with van der Waals surface area (Å²) in [6, 6.07) is 63.8. The molecule has 6 heteroatoms. The number of hydrogen-bond acceptors (Lipinski definition) is 5. The molecule has 0 spiro atoms. The predicted octanol–water partition coefficient (Wildman–Crippen LogP) is 13.9. The summed E-state index contributed by atoms with van der Waals surface area (Å²) in [4.78, 5) is 15.9. The van der Waals surface area contributed by atoms with Gasteiger partial charge in [0.25, 0.3) is 0 Å². The van der Waals surface area contributed by atoms with E-state index in [0.717, 1.165) is 60.0 Å². The Morgan fingerprint density at radius 2 is 1.05 bits per heavy atom. The first-order chi connectivity index (χ1) is 28.2. The maximum atomic E-state index is 6.32. The van der Waals surface area contributed by atoms with E-state index in [2.05, 4.69) is 156 Å². The lowest BCUT2D eigenvalue weighted by Crippen LogP contribution is -2.01. The summed E-state index contributed by atoms with van der Waals surface area (Å²) in [6.07, 6.45) is 0. The summed E-state index contributed by atoms with van der Waals surface area (Å²) in [7, 11) is 0. The van der Waals surface area contributed by atoms with Gasteiger partial charge in [-0.05, 0) is 65.7 Å². The lowest BCUT2D eigenvalue weighted by molar-refractivity contribution is 0.669. The van der Waals surface area contributed by atoms with Gasteiger partial charge in [0.1, 0.15) is 11.2 Å². The van der Waals surface area contributed by atoms with Gasteiger partial charge in [-0.1, -0.05) is 127 Å². The van der Waals surface area contributed by atoms with Crippen LogP contribution in [0.1, 0.15) is 0 Å². The molecule has 0 fully saturated rings. The predicted molar refractivity (Wildman–Crippen MR) is 236 cm³/mol. The molecule has 0 unspecified atom stereocenters. The largest absolute Gasteiger partial charge is 0.456 e. The monoisotopic (exact) mass is 746 g/mol. The van der Waals surface area contributed by atoms with Gasteiger partial charge in [-0.2, -0.15) is 0 Å². The second-order valence-corrected chi connectivity index (χ2v) is 15.4. The molecule has 0 saturated carbocycles. The Labute approximate surface area is 330 Å². The fourth-order valence-electron chi connectivity index (χ4n) is 8.48. The van der Waals surface area contributed by atoms with Crippen LogP contribution in [0.2, 0.25) is 0 Å². The third-order valence-electron chi connectivity index (χ3n) is 11.1. The summed E-state index contributed by atoms with van der Waals surface area (Å²) in [6.45, 7) is 0. The lowest BCUT2D eigenvalue weighted by Gasteiger charge is -2.12. The molecule has 12 aromatic rings. The minimum absolute atomic E-state index is 0.598. The Bertz CT molecular complexity index is 3540. The van der Waals surface area contributed by atoms with E-state index in [1.54, 1.807) is 11.3 Å². The SMILES string of the molecule is c1ccc(-c2ccc3c(c2)c2ccccc2n3-c2cccc(-c3nc(-c4cccc5c4sc4ccccc45)nc(-c4cccc5oc6ccccc6c45)n3)c2)cc1. The molecule has 0 aliphatic heterocycles. The standard InChI is InChI=1S/C51H30N4OS/c1-2-13-31(14-3-1)32-27-28-43-41(30-32)35-17-4-7-23-42(35)55(43)34-16-10-15-33(29-34)49-52-50(39-21-12-25-45-47(39)38-19-5-8-24-44(38)56-45)54-51(53-49)40-22-11-20-37-36-18-6-9-26-46(36)57-48(37)40/h1-30H. The van der Waals surface area contributed by atoms with Crippen LogP contribution in [-0.4, -0.2) is 19.5 Å². The molecule has 8 aromatic carbocycles. The highest BCUT2D eigenvalue weighted by Crippen LogP contribution is 2.42. The molecule has 12 rings (SSSR count). The van der Waals surface area contributed by atoms with Crippen LogP contribution in [-0.2, 0) is 0 Å². The summed E-state index contributed by atoms with van der Waals surface area (Å²) in [5.41, 5.74) is 10.1. The van der Waals surface area contributed by atoms with E-state index in [4.69, 9.17) is 19.4 Å². The highest BCUT2D eigenvalue weighted by Gasteiger charge is 2.21. The van der Waals surface area contributed by atoms with E-state index >= 15 is 0 Å². The van der Waals surface area contributed by atoms with Crippen LogP contribution in [0.4, 0.5) is 0 Å². The van der Waals surface area contributed by atoms with Crippen LogP contribution < -0.4 is 0 Å². The quantitative estimate of drug-likeness (QED) is 0.176. The molecule has 4 aromatic heterocycles. The van der Waals surface area contributed by atoms with Crippen molar-refractivity contribution in [2.24, 2.45) is 0 Å². The third kappa shape index (κ3) is 5.04. The van der Waals surface area contributed by atoms with Gasteiger partial charge in [-0.15, -0.1) is 11.3 Å². The Hall–Kier alpha value is -7.41. The number of benzene rings is 8. The molecule has 0 N–H and O–H groups in total. The Balaban J connectivity index is 1.09. The van der Waals surface area contributed by atoms with Gasteiger partial charge >= 0.3 is 0 Å². The highest BCUT2D eigenvalue weighted by atomic mass is 32.1. The van der Waals surface area contributed by atoms with Crippen LogP contribution in [0.15, 0.2) is 186 Å². The van der Waals surface area contributed by atoms with Gasteiger partial charge in [0.2, 0.25) is 0 Å². The Morgan fingerprint density at radius 1 is 0.404 bits per heavy atom. The first-order valence-electron chi connectivity index (χ1n) is 19.0. The molecule has 5 nitrogen and oxygen atoms in total. The van der Waals surface area contributed by atoms with Crippen LogP contribution in [0.5, 0.6) is 0 Å². The number of furan rings is 1. The molecule has 266 valence electrons. The topological polar surface area (TPSA) is 56.7 Å². The van der Waals surface area contributed by atoms with E-state index in [1.165, 1.54) is 37.4 Å². The first-order valence-corrected chi connectivity index (χ1v) is 19.8. The fourth-order valence-corrected chi connectivity index (χ4v) is 9.69. The number of nitrogens with zero attached hydrogens (tertiary/aromatic N) is 4. The van der Waals surface area contributed by atoms with Gasteiger partial charge in [0.15, 0.2) is 17.5 Å². The van der Waals surface area contributed by atoms with Crippen molar-refractivity contribution in [1.29, 1.82) is 0 Å². The van der Waals surface area contributed by atoms with Gasteiger partial charge in [0.05, 0.1) is 11.0 Å². The minimum Gasteiger partial charge on any atom is -0.456 e. The Kier molecular flexibility index (Phi) is 7.03. The maximum Gasteiger partial charge on any atom is 0.165 e. The van der Waals surface area contributed by atoms with Crippen molar-refractivity contribution in [2.45, 2.75) is 0 Å². The molecule has 0 aliphatic carbocycles. The fraction of sp³-hybridized carbons (Fsp3) is 0. The zero-order chi connectivity index (χ0) is 37.5. The third-order valence-corrected chi connectivity index (χ3v) is 12.3. The number of thiophene rings is 1. The van der Waals surface area contributed by atoms with Crippen molar-refractivity contribution >= 4 is 75.3 Å². The number of hydrogen-bond donors (Lipinski definition) is 0. The van der Waals surface area contributed by atoms with Crippen LogP contribution >= 0.6 is 11.3 Å². The minimum atomic E-state index is 0.598. The van der Waals surface area contributed by atoms with Crippen molar-refractivity contribution in [3.05, 3.63) is 182 Å². The van der Waals surface area contributed by atoms with Gasteiger partial charge in [-0.3, -0.25) is 0 Å². The molecule has 0 atom stereocenters. The summed E-state index contributed by atoms with van der Waals surface area (Å²) < 4.78 is 11.1. The lowest BCUT2D eigenvalue weighted by atomic mass is 10.0. The van der Waals surface area contributed by atoms with Gasteiger partial charge < -0.3 is 8.98 Å². The van der Waals surface area contributed by atoms with Crippen molar-refractivity contribution in [3.63, 3.8) is 0 Å². The smallest absolute Gasteiger partial charge is 0.165 e. The van der Waals surface area contributed by atoms with E-state index in [-0.39, 0.29) is 0 Å². The number of fused-ring (bicyclic) bond motifs is 9. The van der Waals surface area contributed by atoms with Crippen molar-refractivity contribution < 1.29 is 4.42 Å². The van der Waals surface area contributed by atoms with E-state index in [9.17, 15) is 0 Å². The zero-order valence-corrected chi connectivity index (χ0v) is 31.2. The normalized spacial score (nSPS) is 11.9.